The van der Waals surface area contributed by atoms with E-state index in [2.05, 4.69) is 6.07 Å². The smallest absolute Gasteiger partial charge is 0.374 e. The van der Waals surface area contributed by atoms with Crippen LogP contribution in [-0.2, 0) is 16.1 Å². The van der Waals surface area contributed by atoms with Gasteiger partial charge >= 0.3 is 17.8 Å². The van der Waals surface area contributed by atoms with Crippen LogP contribution >= 0.6 is 11.8 Å². The zero-order valence-corrected chi connectivity index (χ0v) is 18.5. The summed E-state index contributed by atoms with van der Waals surface area (Å²) in [6, 6.07) is 7.83. The Morgan fingerprint density at radius 1 is 1.31 bits per heavy atom. The number of aromatic nitrogens is 1. The molecule has 2 N–H and O–H groups in total. The van der Waals surface area contributed by atoms with Gasteiger partial charge in [0.25, 0.3) is 5.52 Å². The van der Waals surface area contributed by atoms with Gasteiger partial charge in [0, 0.05) is 24.9 Å². The Morgan fingerprint density at radius 3 is 2.81 bits per heavy atom. The second-order valence-electron chi connectivity index (χ2n) is 7.26. The molecular formula is C23H24N3O5S+. The summed E-state index contributed by atoms with van der Waals surface area (Å²) in [5.41, 5.74) is 2.86. The van der Waals surface area contributed by atoms with Crippen molar-refractivity contribution in [3.05, 3.63) is 58.5 Å². The maximum absolute atomic E-state index is 11.1. The number of carboxylic acid groups (broad SMARTS) is 2. The fourth-order valence-electron chi connectivity index (χ4n) is 3.29. The molecular weight excluding hydrogens is 430 g/mol. The standard InChI is InChI=1S/C23H23N3O5S/c1-16-2-5-19-18(14-16)26(11-9-23(29)30)20(31-19)6-3-17(15-24)4-7-21-25(12-13-32-21)10-8-22(27)28/h2-7,14H,8-13H2,1H3,(H-,27,28,29,30)/p+1. The highest BCUT2D eigenvalue weighted by Gasteiger charge is 2.22. The minimum atomic E-state index is -0.903. The Kier molecular flexibility index (Phi) is 7.73. The minimum absolute atomic E-state index is 0.0511. The SMILES string of the molecule is Cc1ccc2oc(/C=C/C(C#N)=C/C=C3\SCCN3CCC(=O)O)[n+](CCC(=O)O)c2c1. The number of benzene rings is 1. The van der Waals surface area contributed by atoms with Gasteiger partial charge in [-0.2, -0.15) is 9.83 Å². The lowest BCUT2D eigenvalue weighted by Gasteiger charge is -2.17. The highest BCUT2D eigenvalue weighted by Crippen LogP contribution is 2.28. The van der Waals surface area contributed by atoms with Crippen molar-refractivity contribution >= 4 is 40.9 Å². The topological polar surface area (TPSA) is 119 Å². The molecule has 0 atom stereocenters. The molecule has 9 heteroatoms. The van der Waals surface area contributed by atoms with Crippen LogP contribution in [0.15, 0.2) is 51.4 Å². The summed E-state index contributed by atoms with van der Waals surface area (Å²) in [6.07, 6.45) is 6.81. The predicted molar refractivity (Wildman–Crippen MR) is 120 cm³/mol. The van der Waals surface area contributed by atoms with Crippen LogP contribution in [-0.4, -0.2) is 45.9 Å². The van der Waals surface area contributed by atoms with Gasteiger partial charge in [0.15, 0.2) is 6.54 Å². The highest BCUT2D eigenvalue weighted by molar-refractivity contribution is 8.03. The molecule has 1 saturated heterocycles. The lowest BCUT2D eigenvalue weighted by atomic mass is 10.2. The third kappa shape index (κ3) is 6.02. The van der Waals surface area contributed by atoms with E-state index in [-0.39, 0.29) is 19.4 Å². The van der Waals surface area contributed by atoms with Gasteiger partial charge in [-0.05, 0) is 36.8 Å². The second kappa shape index (κ2) is 10.7. The Bertz CT molecular complexity index is 1160. The fourth-order valence-corrected chi connectivity index (χ4v) is 4.34. The molecule has 1 aromatic heterocycles. The average Bonchev–Trinajstić information content (AvgIpc) is 3.34. The summed E-state index contributed by atoms with van der Waals surface area (Å²) in [5, 5.41) is 28.4. The number of hydrogen-bond acceptors (Lipinski definition) is 6. The largest absolute Gasteiger partial charge is 0.481 e. The number of nitriles is 1. The first-order valence-electron chi connectivity index (χ1n) is 10.1. The molecule has 1 aliphatic heterocycles. The number of aryl methyl sites for hydroxylation is 2. The molecule has 1 aromatic carbocycles. The van der Waals surface area contributed by atoms with Crippen LogP contribution in [0, 0.1) is 18.3 Å². The average molecular weight is 455 g/mol. The lowest BCUT2D eigenvalue weighted by Crippen LogP contribution is -2.36. The van der Waals surface area contributed by atoms with E-state index >= 15 is 0 Å². The van der Waals surface area contributed by atoms with Crippen LogP contribution in [0.3, 0.4) is 0 Å². The molecule has 0 radical (unpaired) electrons. The molecule has 1 fully saturated rings. The van der Waals surface area contributed by atoms with Crippen LogP contribution in [0.5, 0.6) is 0 Å². The van der Waals surface area contributed by atoms with E-state index < -0.39 is 11.9 Å². The number of fused-ring (bicyclic) bond motifs is 1. The molecule has 3 rings (SSSR count). The van der Waals surface area contributed by atoms with Gasteiger partial charge in [0.05, 0.1) is 29.2 Å². The summed E-state index contributed by atoms with van der Waals surface area (Å²) in [4.78, 5) is 23.9. The van der Waals surface area contributed by atoms with Crippen molar-refractivity contribution in [1.29, 1.82) is 5.26 Å². The first-order valence-corrected chi connectivity index (χ1v) is 11.1. The summed E-state index contributed by atoms with van der Waals surface area (Å²) < 4.78 is 7.69. The van der Waals surface area contributed by atoms with Crippen LogP contribution in [0.2, 0.25) is 0 Å². The van der Waals surface area contributed by atoms with Gasteiger partial charge in [-0.1, -0.05) is 6.07 Å². The molecule has 0 spiro atoms. The molecule has 2 heterocycles. The van der Waals surface area contributed by atoms with E-state index in [0.717, 1.165) is 28.4 Å². The number of allylic oxidation sites excluding steroid dienone is 4. The molecule has 0 amide bonds. The molecule has 0 aliphatic carbocycles. The summed E-state index contributed by atoms with van der Waals surface area (Å²) in [6.45, 7) is 3.41. The van der Waals surface area contributed by atoms with E-state index in [9.17, 15) is 14.9 Å². The Morgan fingerprint density at radius 2 is 2.09 bits per heavy atom. The van der Waals surface area contributed by atoms with Crippen LogP contribution in [0.4, 0.5) is 0 Å². The molecule has 166 valence electrons. The number of nitrogens with zero attached hydrogens (tertiary/aromatic N) is 3. The number of carboxylic acids is 2. The van der Waals surface area contributed by atoms with E-state index in [1.807, 2.05) is 36.1 Å². The molecule has 1 aliphatic rings. The van der Waals surface area contributed by atoms with E-state index in [1.165, 1.54) is 0 Å². The summed E-state index contributed by atoms with van der Waals surface area (Å²) >= 11 is 1.62. The monoisotopic (exact) mass is 454 g/mol. The zero-order chi connectivity index (χ0) is 23.1. The van der Waals surface area contributed by atoms with Gasteiger partial charge in [-0.25, -0.2) is 0 Å². The minimum Gasteiger partial charge on any atom is -0.481 e. The summed E-state index contributed by atoms with van der Waals surface area (Å²) in [5.74, 6) is -0.409. The quantitative estimate of drug-likeness (QED) is 0.336. The van der Waals surface area contributed by atoms with Crippen LogP contribution in [0.1, 0.15) is 24.3 Å². The fraction of sp³-hybridized carbons (Fsp3) is 0.304. The maximum Gasteiger partial charge on any atom is 0.374 e. The van der Waals surface area contributed by atoms with Crippen molar-refractivity contribution in [3.8, 4) is 6.07 Å². The van der Waals surface area contributed by atoms with Crippen molar-refractivity contribution in [3.63, 3.8) is 0 Å². The van der Waals surface area contributed by atoms with Crippen LogP contribution in [0.25, 0.3) is 17.2 Å². The Labute approximate surface area is 189 Å². The van der Waals surface area contributed by atoms with Gasteiger partial charge in [-0.15, -0.1) is 11.8 Å². The number of hydrogen-bond donors (Lipinski definition) is 2. The number of carbonyl (C=O) groups is 2. The second-order valence-corrected chi connectivity index (χ2v) is 8.37. The molecule has 8 nitrogen and oxygen atoms in total. The van der Waals surface area contributed by atoms with Gasteiger partial charge in [0.2, 0.25) is 5.58 Å². The molecule has 0 unspecified atom stereocenters. The van der Waals surface area contributed by atoms with E-state index in [4.69, 9.17) is 14.6 Å². The number of oxazole rings is 1. The first-order chi connectivity index (χ1) is 15.4. The number of aliphatic carboxylic acids is 2. The Hall–Kier alpha value is -3.51. The van der Waals surface area contributed by atoms with E-state index in [0.29, 0.717) is 23.6 Å². The first kappa shape index (κ1) is 23.2. The zero-order valence-electron chi connectivity index (χ0n) is 17.7. The van der Waals surface area contributed by atoms with Crippen LogP contribution < -0.4 is 4.57 Å². The lowest BCUT2D eigenvalue weighted by molar-refractivity contribution is -0.677. The van der Waals surface area contributed by atoms with Crippen molar-refractivity contribution in [2.75, 3.05) is 18.8 Å². The molecule has 0 saturated carbocycles. The Balaban J connectivity index is 1.84. The van der Waals surface area contributed by atoms with Gasteiger partial charge < -0.3 is 19.5 Å². The third-order valence-electron chi connectivity index (χ3n) is 4.89. The molecule has 0 bridgehead atoms. The van der Waals surface area contributed by atoms with E-state index in [1.54, 1.807) is 34.6 Å². The highest BCUT2D eigenvalue weighted by atomic mass is 32.2. The summed E-state index contributed by atoms with van der Waals surface area (Å²) in [7, 11) is 0. The van der Waals surface area contributed by atoms with Crippen molar-refractivity contribution in [1.82, 2.24) is 4.90 Å². The van der Waals surface area contributed by atoms with Gasteiger partial charge in [0.1, 0.15) is 6.42 Å². The number of rotatable bonds is 9. The van der Waals surface area contributed by atoms with Crippen molar-refractivity contribution < 1.29 is 28.8 Å². The molecule has 2 aromatic rings. The van der Waals surface area contributed by atoms with Gasteiger partial charge in [-0.3, -0.25) is 9.59 Å². The molecule has 32 heavy (non-hydrogen) atoms. The van der Waals surface area contributed by atoms with Crippen molar-refractivity contribution in [2.24, 2.45) is 0 Å². The predicted octanol–water partition coefficient (Wildman–Crippen LogP) is 3.33. The third-order valence-corrected chi connectivity index (χ3v) is 5.97. The number of thioether (sulfide) groups is 1. The normalized spacial score (nSPS) is 15.7. The van der Waals surface area contributed by atoms with Crippen molar-refractivity contribution in [2.45, 2.75) is 26.3 Å². The maximum atomic E-state index is 11.1.